The number of aromatic nitrogens is 6. The van der Waals surface area contributed by atoms with Crippen LogP contribution in [0.15, 0.2) is 192 Å². The summed E-state index contributed by atoms with van der Waals surface area (Å²) in [6.45, 7) is 2.20. The normalized spacial score (nSPS) is 13.6. The molecule has 2 aromatic heterocycles. The van der Waals surface area contributed by atoms with Gasteiger partial charge in [-0.2, -0.15) is 41.0 Å². The van der Waals surface area contributed by atoms with Crippen LogP contribution in [0.1, 0.15) is 101 Å². The molecule has 0 fully saturated rings. The van der Waals surface area contributed by atoms with Crippen LogP contribution in [0.25, 0.3) is 44.3 Å². The lowest BCUT2D eigenvalue weighted by Crippen LogP contribution is -2.25. The number of H-pyrrole nitrogens is 2. The third-order valence-electron chi connectivity index (χ3n) is 14.0. The van der Waals surface area contributed by atoms with Crippen molar-refractivity contribution in [2.24, 2.45) is 10.2 Å². The number of hydrazone groups is 2. The van der Waals surface area contributed by atoms with Crippen LogP contribution in [-0.4, -0.2) is 60.5 Å². The van der Waals surface area contributed by atoms with E-state index in [4.69, 9.17) is 19.7 Å². The van der Waals surface area contributed by atoms with Crippen molar-refractivity contribution in [1.82, 2.24) is 30.8 Å². The SMILES string of the molecule is CCCCCCCCCC(OC(=O)c1ccc2c(c1)-c1ccccc1C2=NN(c1ccccc1)c1ccc2n[nH]nc2c1)OC(=O)c1ccc2c(c1)-c1ccccc1C2=NN(c1ccccc1)c1ccc2n[nH]nc2c1. The number of nitrogens with zero attached hydrogens (tertiary/aromatic N) is 8. The molecule has 0 spiro atoms. The molecule has 0 bridgehead atoms. The number of para-hydroxylation sites is 2. The van der Waals surface area contributed by atoms with Crippen LogP contribution < -0.4 is 10.0 Å². The molecular weight excluding hydrogens is 949 g/mol. The second kappa shape index (κ2) is 21.1. The number of carbonyl (C=O) groups is 2. The minimum atomic E-state index is -1.13. The first-order chi connectivity index (χ1) is 37.5. The number of nitrogens with one attached hydrogen (secondary N) is 2. The first-order valence-corrected chi connectivity index (χ1v) is 25.9. The van der Waals surface area contributed by atoms with Crippen molar-refractivity contribution in [1.29, 1.82) is 0 Å². The van der Waals surface area contributed by atoms with Gasteiger partial charge in [-0.1, -0.05) is 143 Å². The molecule has 14 nitrogen and oxygen atoms in total. The van der Waals surface area contributed by atoms with Gasteiger partial charge in [0.05, 0.1) is 45.3 Å². The van der Waals surface area contributed by atoms with E-state index < -0.39 is 18.2 Å². The molecule has 2 aliphatic carbocycles. The van der Waals surface area contributed by atoms with Crippen LogP contribution in [0.3, 0.4) is 0 Å². The zero-order chi connectivity index (χ0) is 51.4. The van der Waals surface area contributed by atoms with Crippen molar-refractivity contribution in [3.05, 3.63) is 215 Å². The molecule has 0 saturated heterocycles. The number of esters is 2. The highest BCUT2D eigenvalue weighted by Crippen LogP contribution is 2.41. The van der Waals surface area contributed by atoms with E-state index in [1.165, 1.54) is 19.3 Å². The summed E-state index contributed by atoms with van der Waals surface area (Å²) in [6, 6.07) is 58.7. The molecule has 0 radical (unpaired) electrons. The number of ether oxygens (including phenoxy) is 2. The third kappa shape index (κ3) is 9.48. The van der Waals surface area contributed by atoms with E-state index in [1.807, 2.05) is 180 Å². The average molecular weight is 1000 g/mol. The van der Waals surface area contributed by atoms with Gasteiger partial charge in [0.15, 0.2) is 0 Å². The maximum atomic E-state index is 14.4. The fraction of sp³-hybridized carbons (Fsp3) is 0.161. The summed E-state index contributed by atoms with van der Waals surface area (Å²) in [5, 5.41) is 37.0. The number of aromatic amines is 2. The number of anilines is 4. The van der Waals surface area contributed by atoms with E-state index in [-0.39, 0.29) is 0 Å². The third-order valence-corrected chi connectivity index (χ3v) is 14.0. The van der Waals surface area contributed by atoms with Crippen LogP contribution in [-0.2, 0) is 9.47 Å². The smallest absolute Gasteiger partial charge is 0.341 e. The highest BCUT2D eigenvalue weighted by molar-refractivity contribution is 6.26. The molecule has 0 aliphatic heterocycles. The molecule has 2 N–H and O–H groups in total. The van der Waals surface area contributed by atoms with Gasteiger partial charge in [-0.05, 0) is 114 Å². The topological polar surface area (TPSA) is 167 Å². The van der Waals surface area contributed by atoms with Crippen LogP contribution in [0, 0.1) is 0 Å². The van der Waals surface area contributed by atoms with E-state index in [9.17, 15) is 9.59 Å². The molecule has 0 unspecified atom stereocenters. The molecule has 76 heavy (non-hydrogen) atoms. The number of unbranched alkanes of at least 4 members (excludes halogenated alkanes) is 6. The Labute approximate surface area is 438 Å². The summed E-state index contributed by atoms with van der Waals surface area (Å²) in [4.78, 5) is 28.8. The molecule has 0 amide bonds. The van der Waals surface area contributed by atoms with E-state index in [1.54, 1.807) is 12.1 Å². The summed E-state index contributed by atoms with van der Waals surface area (Å²) in [7, 11) is 0. The molecule has 0 atom stereocenters. The highest BCUT2D eigenvalue weighted by Gasteiger charge is 2.31. The Morgan fingerprint density at radius 3 is 1.30 bits per heavy atom. The second-order valence-corrected chi connectivity index (χ2v) is 18.9. The van der Waals surface area contributed by atoms with Gasteiger partial charge in [0.2, 0.25) is 6.29 Å². The number of fused-ring (bicyclic) bond motifs is 8. The zero-order valence-corrected chi connectivity index (χ0v) is 41.8. The molecule has 2 aliphatic rings. The van der Waals surface area contributed by atoms with Crippen LogP contribution in [0.5, 0.6) is 0 Å². The lowest BCUT2D eigenvalue weighted by Gasteiger charge is -2.21. The summed E-state index contributed by atoms with van der Waals surface area (Å²) in [5.41, 5.74) is 15.5. The molecule has 374 valence electrons. The average Bonchev–Trinajstić information content (AvgIpc) is 4.28. The van der Waals surface area contributed by atoms with E-state index in [0.717, 1.165) is 115 Å². The number of carbonyl (C=O) groups excluding carboxylic acids is 2. The molecule has 8 aromatic carbocycles. The summed E-state index contributed by atoms with van der Waals surface area (Å²) in [6.07, 6.45) is 6.58. The standard InChI is InChI=1S/C62H52N10O4/c1-2-3-4-5-6-7-14-27-58(75-61(73)40-28-32-50-52(36-40)46-23-15-17-25-48(46)59(50)67-71(42-19-10-8-11-20-42)44-30-34-54-56(38-44)65-69-63-54)76-62(74)41-29-33-51-53(37-41)47-24-16-18-26-49(47)60(51)68-72(43-21-12-9-13-22-43)45-31-35-55-57(39-45)66-70-64-55/h8-13,15-26,28-39,58H,2-7,14,27H2,1H3,(H,63,65,69)(H,64,66,70). The Balaban J connectivity index is 0.832. The van der Waals surface area contributed by atoms with Crippen molar-refractivity contribution < 1.29 is 19.1 Å². The zero-order valence-electron chi connectivity index (χ0n) is 41.8. The molecular formula is C62H52N10O4. The summed E-state index contributed by atoms with van der Waals surface area (Å²) < 4.78 is 12.4. The Kier molecular flexibility index (Phi) is 13.2. The second-order valence-electron chi connectivity index (χ2n) is 18.9. The maximum absolute atomic E-state index is 14.4. The number of hydrogen-bond donors (Lipinski definition) is 2. The Bertz CT molecular complexity index is 3590. The van der Waals surface area contributed by atoms with Gasteiger partial charge < -0.3 is 9.47 Å². The predicted octanol–water partition coefficient (Wildman–Crippen LogP) is 13.9. The lowest BCUT2D eigenvalue weighted by molar-refractivity contribution is -0.0838. The van der Waals surface area contributed by atoms with Crippen molar-refractivity contribution in [3.8, 4) is 22.3 Å². The van der Waals surface area contributed by atoms with Crippen LogP contribution in [0.2, 0.25) is 0 Å². The van der Waals surface area contributed by atoms with Gasteiger partial charge >= 0.3 is 11.9 Å². The first kappa shape index (κ1) is 47.4. The van der Waals surface area contributed by atoms with Gasteiger partial charge in [-0.15, -0.1) is 0 Å². The van der Waals surface area contributed by atoms with Gasteiger partial charge in [-0.25, -0.2) is 19.6 Å². The molecule has 2 heterocycles. The minimum Gasteiger partial charge on any atom is -0.422 e. The highest BCUT2D eigenvalue weighted by atomic mass is 16.7. The quantitative estimate of drug-likeness (QED) is 0.0365. The predicted molar refractivity (Wildman–Crippen MR) is 297 cm³/mol. The van der Waals surface area contributed by atoms with Crippen molar-refractivity contribution in [2.45, 2.75) is 64.6 Å². The fourth-order valence-corrected chi connectivity index (χ4v) is 10.1. The van der Waals surface area contributed by atoms with Crippen molar-refractivity contribution in [2.75, 3.05) is 10.0 Å². The molecule has 10 aromatic rings. The fourth-order valence-electron chi connectivity index (χ4n) is 10.1. The van der Waals surface area contributed by atoms with E-state index in [0.29, 0.717) is 28.6 Å². The van der Waals surface area contributed by atoms with Crippen molar-refractivity contribution in [3.63, 3.8) is 0 Å². The summed E-state index contributed by atoms with van der Waals surface area (Å²) in [5.74, 6) is -1.18. The number of hydrogen-bond acceptors (Lipinski definition) is 12. The minimum absolute atomic E-state index is 0.332. The molecule has 14 heteroatoms. The largest absolute Gasteiger partial charge is 0.422 e. The molecule has 0 saturated carbocycles. The Morgan fingerprint density at radius 2 is 0.829 bits per heavy atom. The summed E-state index contributed by atoms with van der Waals surface area (Å²) >= 11 is 0. The monoisotopic (exact) mass is 1000 g/mol. The van der Waals surface area contributed by atoms with Crippen LogP contribution >= 0.6 is 0 Å². The number of rotatable bonds is 18. The molecule has 12 rings (SSSR count). The van der Waals surface area contributed by atoms with E-state index >= 15 is 0 Å². The number of benzene rings is 8. The Hall–Kier alpha value is -9.56. The van der Waals surface area contributed by atoms with Crippen molar-refractivity contribution >= 4 is 68.2 Å². The van der Waals surface area contributed by atoms with Gasteiger partial charge in [-0.3, -0.25) is 0 Å². The first-order valence-electron chi connectivity index (χ1n) is 25.9. The Morgan fingerprint density at radius 1 is 0.421 bits per heavy atom. The van der Waals surface area contributed by atoms with E-state index in [2.05, 4.69) is 37.7 Å². The maximum Gasteiger partial charge on any atom is 0.341 e. The lowest BCUT2D eigenvalue weighted by atomic mass is 10.0. The van der Waals surface area contributed by atoms with Gasteiger partial charge in [0.25, 0.3) is 0 Å². The van der Waals surface area contributed by atoms with Crippen LogP contribution in [0.4, 0.5) is 22.7 Å². The van der Waals surface area contributed by atoms with Gasteiger partial charge in [0, 0.05) is 28.7 Å². The van der Waals surface area contributed by atoms with Gasteiger partial charge in [0.1, 0.15) is 22.1 Å².